The Balaban J connectivity index is 2.03. The lowest BCUT2D eigenvalue weighted by Crippen LogP contribution is -2.38. The number of hydrogen-bond donors (Lipinski definition) is 1. The van der Waals surface area contributed by atoms with Gasteiger partial charge in [-0.3, -0.25) is 4.98 Å². The van der Waals surface area contributed by atoms with Gasteiger partial charge < -0.3 is 15.0 Å². The van der Waals surface area contributed by atoms with Crippen LogP contribution in [0, 0.1) is 5.92 Å². The molecule has 0 bridgehead atoms. The number of ether oxygens (including phenoxy) is 1. The van der Waals surface area contributed by atoms with Crippen molar-refractivity contribution in [1.82, 2.24) is 10.3 Å². The molecule has 2 heterocycles. The zero-order valence-corrected chi connectivity index (χ0v) is 12.8. The summed E-state index contributed by atoms with van der Waals surface area (Å²) in [6.07, 6.45) is 7.59. The van der Waals surface area contributed by atoms with Gasteiger partial charge in [0.2, 0.25) is 0 Å². The maximum atomic E-state index is 5.32. The van der Waals surface area contributed by atoms with E-state index < -0.39 is 0 Å². The van der Waals surface area contributed by atoms with Crippen LogP contribution in [0.25, 0.3) is 0 Å². The van der Waals surface area contributed by atoms with Crippen molar-refractivity contribution in [3.8, 4) is 0 Å². The smallest absolute Gasteiger partial charge is 0.0507 e. The van der Waals surface area contributed by atoms with Gasteiger partial charge >= 0.3 is 0 Å². The first-order valence-corrected chi connectivity index (χ1v) is 7.72. The molecule has 4 heteroatoms. The summed E-state index contributed by atoms with van der Waals surface area (Å²) < 4.78 is 5.32. The van der Waals surface area contributed by atoms with Crippen LogP contribution in [0.3, 0.4) is 0 Å². The van der Waals surface area contributed by atoms with Crippen molar-refractivity contribution in [2.75, 3.05) is 38.3 Å². The third kappa shape index (κ3) is 4.18. The van der Waals surface area contributed by atoms with Gasteiger partial charge in [0.25, 0.3) is 0 Å². The maximum Gasteiger partial charge on any atom is 0.0507 e. The molecule has 20 heavy (non-hydrogen) atoms. The number of pyridine rings is 1. The van der Waals surface area contributed by atoms with E-state index in [0.717, 1.165) is 39.2 Å². The second-order valence-electron chi connectivity index (χ2n) is 5.59. The highest BCUT2D eigenvalue weighted by Gasteiger charge is 2.21. The highest BCUT2D eigenvalue weighted by atomic mass is 16.5. The second-order valence-corrected chi connectivity index (χ2v) is 5.59. The minimum absolute atomic E-state index is 0.651. The molecule has 1 aliphatic heterocycles. The van der Waals surface area contributed by atoms with Crippen LogP contribution < -0.4 is 10.2 Å². The van der Waals surface area contributed by atoms with Crippen LogP contribution in [0.15, 0.2) is 18.5 Å². The lowest BCUT2D eigenvalue weighted by Gasteiger charge is -2.35. The normalized spacial score (nSPS) is 19.3. The molecule has 112 valence electrons. The molecule has 1 N–H and O–H groups in total. The van der Waals surface area contributed by atoms with Gasteiger partial charge in [0.15, 0.2) is 0 Å². The molecule has 1 unspecified atom stereocenters. The van der Waals surface area contributed by atoms with Crippen LogP contribution in [0.2, 0.25) is 0 Å². The number of nitrogens with zero attached hydrogens (tertiary/aromatic N) is 2. The molecule has 1 aromatic rings. The molecule has 4 nitrogen and oxygen atoms in total. The summed E-state index contributed by atoms with van der Waals surface area (Å²) in [7, 11) is 1.80. The molecule has 0 radical (unpaired) electrons. The van der Waals surface area contributed by atoms with E-state index in [1.54, 1.807) is 7.11 Å². The standard InChI is InChI=1S/C16H27N3O/c1-3-7-17-10-15-11-18-8-6-16(15)19-9-4-5-14(12-19)13-20-2/h6,8,11,14,17H,3-5,7,9-10,12-13H2,1-2H3. The predicted molar refractivity (Wildman–Crippen MR) is 83.0 cm³/mol. The van der Waals surface area contributed by atoms with E-state index in [1.165, 1.54) is 24.1 Å². The largest absolute Gasteiger partial charge is 0.384 e. The average molecular weight is 277 g/mol. The molecular formula is C16H27N3O. The van der Waals surface area contributed by atoms with Crippen molar-refractivity contribution in [3.63, 3.8) is 0 Å². The van der Waals surface area contributed by atoms with Crippen molar-refractivity contribution in [2.24, 2.45) is 5.92 Å². The highest BCUT2D eigenvalue weighted by molar-refractivity contribution is 5.52. The Hall–Kier alpha value is -1.13. The monoisotopic (exact) mass is 277 g/mol. The van der Waals surface area contributed by atoms with Crippen molar-refractivity contribution >= 4 is 5.69 Å². The number of methoxy groups -OCH3 is 1. The molecule has 1 aromatic heterocycles. The van der Waals surface area contributed by atoms with E-state index >= 15 is 0 Å². The zero-order valence-electron chi connectivity index (χ0n) is 12.8. The molecule has 0 amide bonds. The first kappa shape index (κ1) is 15.3. The summed E-state index contributed by atoms with van der Waals surface area (Å²) in [4.78, 5) is 6.78. The molecule has 1 fully saturated rings. The number of aromatic nitrogens is 1. The first-order chi connectivity index (χ1) is 9.85. The third-order valence-corrected chi connectivity index (χ3v) is 3.88. The zero-order chi connectivity index (χ0) is 14.2. The molecule has 1 saturated heterocycles. The molecule has 1 atom stereocenters. The Kier molecular flexibility index (Phi) is 6.27. The maximum absolute atomic E-state index is 5.32. The van der Waals surface area contributed by atoms with E-state index in [0.29, 0.717) is 5.92 Å². The number of piperidine rings is 1. The molecule has 0 spiro atoms. The van der Waals surface area contributed by atoms with Crippen molar-refractivity contribution < 1.29 is 4.74 Å². The molecular weight excluding hydrogens is 250 g/mol. The number of hydrogen-bond acceptors (Lipinski definition) is 4. The Morgan fingerprint density at radius 1 is 1.50 bits per heavy atom. The molecule has 1 aliphatic rings. The molecule has 0 aromatic carbocycles. The van der Waals surface area contributed by atoms with Crippen LogP contribution in [0.4, 0.5) is 5.69 Å². The topological polar surface area (TPSA) is 37.4 Å². The van der Waals surface area contributed by atoms with Gasteiger partial charge in [0.05, 0.1) is 6.61 Å². The number of nitrogens with one attached hydrogen (secondary N) is 1. The minimum Gasteiger partial charge on any atom is -0.384 e. The van der Waals surface area contributed by atoms with E-state index in [4.69, 9.17) is 4.74 Å². The first-order valence-electron chi connectivity index (χ1n) is 7.72. The van der Waals surface area contributed by atoms with Gasteiger partial charge in [-0.15, -0.1) is 0 Å². The van der Waals surface area contributed by atoms with Gasteiger partial charge in [-0.1, -0.05) is 6.92 Å². The van der Waals surface area contributed by atoms with E-state index in [-0.39, 0.29) is 0 Å². The lowest BCUT2D eigenvalue weighted by molar-refractivity contribution is 0.143. The van der Waals surface area contributed by atoms with Crippen LogP contribution >= 0.6 is 0 Å². The lowest BCUT2D eigenvalue weighted by atomic mass is 9.98. The van der Waals surface area contributed by atoms with E-state index in [2.05, 4.69) is 28.2 Å². The molecule has 0 saturated carbocycles. The second kappa shape index (κ2) is 8.22. The van der Waals surface area contributed by atoms with Crippen LogP contribution in [0.5, 0.6) is 0 Å². The summed E-state index contributed by atoms with van der Waals surface area (Å²) in [5, 5.41) is 3.48. The summed E-state index contributed by atoms with van der Waals surface area (Å²) in [6.45, 7) is 7.26. The van der Waals surface area contributed by atoms with Gasteiger partial charge in [-0.05, 0) is 37.8 Å². The quantitative estimate of drug-likeness (QED) is 0.777. The van der Waals surface area contributed by atoms with Crippen LogP contribution in [-0.2, 0) is 11.3 Å². The SMILES string of the molecule is CCCNCc1cnccc1N1CCCC(COC)C1. The number of anilines is 1. The Morgan fingerprint density at radius 3 is 3.20 bits per heavy atom. The van der Waals surface area contributed by atoms with E-state index in [1.807, 2.05) is 12.4 Å². The van der Waals surface area contributed by atoms with Gasteiger partial charge in [-0.25, -0.2) is 0 Å². The summed E-state index contributed by atoms with van der Waals surface area (Å²) in [6, 6.07) is 2.15. The van der Waals surface area contributed by atoms with Crippen LogP contribution in [0.1, 0.15) is 31.7 Å². The molecule has 0 aliphatic carbocycles. The average Bonchev–Trinajstić information content (AvgIpc) is 2.49. The van der Waals surface area contributed by atoms with E-state index in [9.17, 15) is 0 Å². The van der Waals surface area contributed by atoms with Gasteiger partial charge in [0.1, 0.15) is 0 Å². The predicted octanol–water partition coefficient (Wildman–Crippen LogP) is 2.44. The summed E-state index contributed by atoms with van der Waals surface area (Å²) >= 11 is 0. The summed E-state index contributed by atoms with van der Waals surface area (Å²) in [5.74, 6) is 0.651. The van der Waals surface area contributed by atoms with Crippen molar-refractivity contribution in [3.05, 3.63) is 24.0 Å². The van der Waals surface area contributed by atoms with Crippen molar-refractivity contribution in [1.29, 1.82) is 0 Å². The fourth-order valence-corrected chi connectivity index (χ4v) is 2.92. The van der Waals surface area contributed by atoms with Crippen LogP contribution in [-0.4, -0.2) is 38.3 Å². The Bertz CT molecular complexity index is 395. The Morgan fingerprint density at radius 2 is 2.40 bits per heavy atom. The summed E-state index contributed by atoms with van der Waals surface area (Å²) in [5.41, 5.74) is 2.64. The highest BCUT2D eigenvalue weighted by Crippen LogP contribution is 2.26. The Labute approximate surface area is 122 Å². The molecule has 2 rings (SSSR count). The third-order valence-electron chi connectivity index (χ3n) is 3.88. The number of rotatable bonds is 7. The fraction of sp³-hybridized carbons (Fsp3) is 0.688. The van der Waals surface area contributed by atoms with Crippen molar-refractivity contribution in [2.45, 2.75) is 32.7 Å². The van der Waals surface area contributed by atoms with Gasteiger partial charge in [-0.2, -0.15) is 0 Å². The van der Waals surface area contributed by atoms with Gasteiger partial charge in [0, 0.05) is 50.4 Å². The fourth-order valence-electron chi connectivity index (χ4n) is 2.92. The minimum atomic E-state index is 0.651.